The molecule has 4 rings (SSSR count). The van der Waals surface area contributed by atoms with E-state index >= 15 is 0 Å². The molecule has 1 N–H and O–H groups in total. The number of aryl methyl sites for hydroxylation is 1. The minimum Gasteiger partial charge on any atom is -0.497 e. The molecule has 190 valence electrons. The molecule has 0 radical (unpaired) electrons. The molecule has 8 heteroatoms. The number of hydrogen-bond donors (Lipinski definition) is 1. The number of esters is 2. The second-order valence-corrected chi connectivity index (χ2v) is 9.80. The molecule has 2 aliphatic rings. The normalized spacial score (nSPS) is 21.6. The monoisotopic (exact) mass is 509 g/mol. The van der Waals surface area contributed by atoms with Crippen molar-refractivity contribution < 1.29 is 28.6 Å². The summed E-state index contributed by atoms with van der Waals surface area (Å²) in [7, 11) is 1.59. The van der Waals surface area contributed by atoms with E-state index in [0.29, 0.717) is 29.0 Å². The average Bonchev–Trinajstić information content (AvgIpc) is 3.28. The number of dihydropyridines is 1. The van der Waals surface area contributed by atoms with E-state index in [-0.39, 0.29) is 19.0 Å². The maximum Gasteiger partial charge on any atom is 0.336 e. The van der Waals surface area contributed by atoms with Gasteiger partial charge < -0.3 is 19.5 Å². The number of nitrogens with one attached hydrogen (secondary N) is 1. The summed E-state index contributed by atoms with van der Waals surface area (Å²) in [6, 6.07) is 9.37. The molecule has 1 aliphatic heterocycles. The number of thiophene rings is 1. The van der Waals surface area contributed by atoms with E-state index in [2.05, 4.69) is 5.32 Å². The summed E-state index contributed by atoms with van der Waals surface area (Å²) in [5.41, 5.74) is 4.05. The van der Waals surface area contributed by atoms with Crippen LogP contribution < -0.4 is 10.1 Å². The van der Waals surface area contributed by atoms with Gasteiger partial charge in [0.1, 0.15) is 11.7 Å². The Morgan fingerprint density at radius 3 is 2.33 bits per heavy atom. The Bertz CT molecular complexity index is 1240. The van der Waals surface area contributed by atoms with Crippen LogP contribution in [0.3, 0.4) is 0 Å². The van der Waals surface area contributed by atoms with Gasteiger partial charge in [-0.05, 0) is 68.8 Å². The van der Waals surface area contributed by atoms with E-state index in [1.165, 1.54) is 11.3 Å². The van der Waals surface area contributed by atoms with Crippen molar-refractivity contribution in [2.75, 3.05) is 20.3 Å². The first-order valence-electron chi connectivity index (χ1n) is 12.1. The third-order valence-corrected chi connectivity index (χ3v) is 7.85. The Hall–Kier alpha value is -3.39. The molecular formula is C28H31NO6S. The topological polar surface area (TPSA) is 90.9 Å². The maximum absolute atomic E-state index is 14.2. The van der Waals surface area contributed by atoms with Gasteiger partial charge >= 0.3 is 11.9 Å². The van der Waals surface area contributed by atoms with E-state index in [4.69, 9.17) is 14.2 Å². The standard InChI is InChI=1S/C28H31NO6S/c1-6-34-27(31)21-16(4)29-20-14-19(17-8-10-18(33-5)11-9-17)22(28(32)35-7-2)25(30)23(20)24(21)26-15(3)12-13-36-26/h8-13,19,22,24,29H,6-7,14H2,1-5H3/t19-,22+,24-/m1/s1. The SMILES string of the molecule is CCOC(=O)C1=C(C)NC2=C(C(=O)[C@@H](C(=O)OCC)[C@@H](c3ccc(OC)cc3)C2)[C@@H]1c1sccc1C. The van der Waals surface area contributed by atoms with Crippen LogP contribution in [-0.4, -0.2) is 38.0 Å². The molecule has 36 heavy (non-hydrogen) atoms. The van der Waals surface area contributed by atoms with Gasteiger partial charge in [-0.25, -0.2) is 4.79 Å². The highest BCUT2D eigenvalue weighted by molar-refractivity contribution is 7.10. The van der Waals surface area contributed by atoms with Crippen LogP contribution in [0.2, 0.25) is 0 Å². The molecular weight excluding hydrogens is 478 g/mol. The third kappa shape index (κ3) is 4.57. The average molecular weight is 510 g/mol. The summed E-state index contributed by atoms with van der Waals surface area (Å²) in [5.74, 6) is -2.71. The zero-order chi connectivity index (χ0) is 26.0. The lowest BCUT2D eigenvalue weighted by Gasteiger charge is -2.39. The van der Waals surface area contributed by atoms with Gasteiger partial charge in [0, 0.05) is 27.8 Å². The lowest BCUT2D eigenvalue weighted by molar-refractivity contribution is -0.152. The van der Waals surface area contributed by atoms with Gasteiger partial charge in [-0.2, -0.15) is 0 Å². The van der Waals surface area contributed by atoms with E-state index in [9.17, 15) is 14.4 Å². The minimum absolute atomic E-state index is 0.169. The molecule has 7 nitrogen and oxygen atoms in total. The first-order valence-corrected chi connectivity index (χ1v) is 13.0. The van der Waals surface area contributed by atoms with Crippen molar-refractivity contribution in [2.24, 2.45) is 5.92 Å². The predicted octanol–water partition coefficient (Wildman–Crippen LogP) is 4.78. The van der Waals surface area contributed by atoms with Gasteiger partial charge in [-0.3, -0.25) is 9.59 Å². The van der Waals surface area contributed by atoms with Crippen molar-refractivity contribution in [1.29, 1.82) is 0 Å². The number of ketones is 1. The first kappa shape index (κ1) is 25.7. The summed E-state index contributed by atoms with van der Waals surface area (Å²) < 4.78 is 16.1. The van der Waals surface area contributed by atoms with Crippen molar-refractivity contribution in [3.8, 4) is 5.75 Å². The number of carbonyl (C=O) groups is 3. The number of rotatable bonds is 7. The molecule has 2 heterocycles. The first-order chi connectivity index (χ1) is 17.3. The molecule has 0 fully saturated rings. The van der Waals surface area contributed by atoms with Gasteiger partial charge in [0.2, 0.25) is 0 Å². The van der Waals surface area contributed by atoms with Crippen LogP contribution in [0, 0.1) is 12.8 Å². The van der Waals surface area contributed by atoms with Gasteiger partial charge in [0.05, 0.1) is 31.8 Å². The quantitative estimate of drug-likeness (QED) is 0.424. The van der Waals surface area contributed by atoms with Gasteiger partial charge in [-0.1, -0.05) is 12.1 Å². The molecule has 1 aromatic carbocycles. The summed E-state index contributed by atoms with van der Waals surface area (Å²) in [6.45, 7) is 7.66. The smallest absolute Gasteiger partial charge is 0.336 e. The maximum atomic E-state index is 14.2. The predicted molar refractivity (Wildman–Crippen MR) is 137 cm³/mol. The Morgan fingerprint density at radius 1 is 1.06 bits per heavy atom. The fourth-order valence-corrected chi connectivity index (χ4v) is 6.17. The highest BCUT2D eigenvalue weighted by atomic mass is 32.1. The van der Waals surface area contributed by atoms with E-state index in [0.717, 1.165) is 21.7 Å². The number of ether oxygens (including phenoxy) is 3. The largest absolute Gasteiger partial charge is 0.497 e. The molecule has 1 aliphatic carbocycles. The number of hydrogen-bond acceptors (Lipinski definition) is 8. The number of carbonyl (C=O) groups excluding carboxylic acids is 3. The molecule has 0 amide bonds. The molecule has 2 aromatic rings. The fraction of sp³-hybridized carbons (Fsp3) is 0.393. The summed E-state index contributed by atoms with van der Waals surface area (Å²) in [5, 5.41) is 5.27. The second-order valence-electron chi connectivity index (χ2n) is 8.85. The zero-order valence-corrected chi connectivity index (χ0v) is 22.0. The van der Waals surface area contributed by atoms with Crippen LogP contribution in [0.15, 0.2) is 58.3 Å². The molecule has 0 bridgehead atoms. The van der Waals surface area contributed by atoms with Gasteiger partial charge in [0.25, 0.3) is 0 Å². The van der Waals surface area contributed by atoms with Crippen molar-refractivity contribution in [3.05, 3.63) is 74.3 Å². The third-order valence-electron chi connectivity index (χ3n) is 6.76. The van der Waals surface area contributed by atoms with E-state index in [1.54, 1.807) is 21.0 Å². The van der Waals surface area contributed by atoms with Crippen molar-refractivity contribution in [2.45, 2.75) is 46.0 Å². The fourth-order valence-electron chi connectivity index (χ4n) is 5.12. The Labute approximate surface area is 215 Å². The summed E-state index contributed by atoms with van der Waals surface area (Å²) >= 11 is 1.49. The molecule has 0 saturated heterocycles. The van der Waals surface area contributed by atoms with Crippen LogP contribution in [0.25, 0.3) is 0 Å². The molecule has 0 unspecified atom stereocenters. The second kappa shape index (κ2) is 10.7. The molecule has 0 saturated carbocycles. The van der Waals surface area contributed by atoms with Crippen LogP contribution >= 0.6 is 11.3 Å². The summed E-state index contributed by atoms with van der Waals surface area (Å²) in [4.78, 5) is 41.5. The highest BCUT2D eigenvalue weighted by Crippen LogP contribution is 2.49. The van der Waals surface area contributed by atoms with Crippen molar-refractivity contribution >= 4 is 29.1 Å². The van der Waals surface area contributed by atoms with E-state index < -0.39 is 29.7 Å². The van der Waals surface area contributed by atoms with E-state index in [1.807, 2.05) is 49.6 Å². The lowest BCUT2D eigenvalue weighted by atomic mass is 9.68. The Kier molecular flexibility index (Phi) is 7.64. The minimum atomic E-state index is -1.02. The Balaban J connectivity index is 1.87. The van der Waals surface area contributed by atoms with Gasteiger partial charge in [0.15, 0.2) is 5.78 Å². The van der Waals surface area contributed by atoms with Crippen LogP contribution in [0.5, 0.6) is 5.75 Å². The lowest BCUT2D eigenvalue weighted by Crippen LogP contribution is -2.43. The van der Waals surface area contributed by atoms with Crippen molar-refractivity contribution in [3.63, 3.8) is 0 Å². The van der Waals surface area contributed by atoms with Crippen LogP contribution in [0.1, 0.15) is 55.0 Å². The van der Waals surface area contributed by atoms with Gasteiger partial charge in [-0.15, -0.1) is 11.3 Å². The number of allylic oxidation sites excluding steroid dienone is 3. The van der Waals surface area contributed by atoms with Crippen LogP contribution in [-0.2, 0) is 23.9 Å². The van der Waals surface area contributed by atoms with Crippen LogP contribution in [0.4, 0.5) is 0 Å². The summed E-state index contributed by atoms with van der Waals surface area (Å²) in [6.07, 6.45) is 0.422. The van der Waals surface area contributed by atoms with Crippen molar-refractivity contribution in [1.82, 2.24) is 5.32 Å². The molecule has 0 spiro atoms. The number of Topliss-reactive ketones (excluding diaryl/α,β-unsaturated/α-hetero) is 1. The number of methoxy groups -OCH3 is 1. The molecule has 3 atom stereocenters. The Morgan fingerprint density at radius 2 is 1.75 bits per heavy atom. The zero-order valence-electron chi connectivity index (χ0n) is 21.2. The highest BCUT2D eigenvalue weighted by Gasteiger charge is 2.49. The molecule has 1 aromatic heterocycles. The number of benzene rings is 1.